The molecule has 3 amide bonds. The van der Waals surface area contributed by atoms with Gasteiger partial charge in [-0.05, 0) is 51.5 Å². The Morgan fingerprint density at radius 1 is 0.897 bits per heavy atom. The second kappa shape index (κ2) is 16.2. The highest BCUT2D eigenvalue weighted by molar-refractivity contribution is 5.83. The largest absolute Gasteiger partial charge is 0.396 e. The van der Waals surface area contributed by atoms with Crippen LogP contribution in [-0.2, 0) is 14.4 Å². The maximum absolute atomic E-state index is 12.6. The van der Waals surface area contributed by atoms with Crippen LogP contribution in [0, 0.1) is 0 Å². The Labute approximate surface area is 175 Å². The Kier molecular flexibility index (Phi) is 14.1. The second-order valence-electron chi connectivity index (χ2n) is 7.84. The molecule has 1 rings (SSSR count). The van der Waals surface area contributed by atoms with Crippen LogP contribution in [0.1, 0.15) is 77.0 Å². The molecule has 1 atom stereocenters. The molecule has 0 bridgehead atoms. The summed E-state index contributed by atoms with van der Waals surface area (Å²) in [6.07, 6.45) is 9.67. The van der Waals surface area contributed by atoms with Crippen molar-refractivity contribution >= 4 is 17.7 Å². The molecule has 1 fully saturated rings. The Morgan fingerprint density at radius 2 is 1.55 bits per heavy atom. The lowest BCUT2D eigenvalue weighted by molar-refractivity contribution is -0.132. The summed E-state index contributed by atoms with van der Waals surface area (Å²) in [5.41, 5.74) is 5.24. The number of carbonyl (C=O) groups excluding carboxylic acids is 3. The molecule has 8 heteroatoms. The lowest BCUT2D eigenvalue weighted by Crippen LogP contribution is -2.46. The van der Waals surface area contributed by atoms with Gasteiger partial charge in [-0.2, -0.15) is 0 Å². The zero-order valence-electron chi connectivity index (χ0n) is 17.8. The Morgan fingerprint density at radius 3 is 2.24 bits per heavy atom. The number of aliphatic hydroxyl groups excluding tert-OH is 1. The number of aliphatic hydroxyl groups is 1. The third-order valence-electron chi connectivity index (χ3n) is 5.27. The van der Waals surface area contributed by atoms with Crippen LogP contribution in [0.5, 0.6) is 0 Å². The first kappa shape index (κ1) is 25.4. The van der Waals surface area contributed by atoms with Gasteiger partial charge in [-0.1, -0.05) is 19.3 Å². The molecule has 168 valence electrons. The fraction of sp³-hybridized carbons (Fsp3) is 0.857. The lowest BCUT2D eigenvalue weighted by Gasteiger charge is -2.24. The molecular formula is C21H40N4O4. The van der Waals surface area contributed by atoms with Gasteiger partial charge in [-0.15, -0.1) is 0 Å². The summed E-state index contributed by atoms with van der Waals surface area (Å²) in [7, 11) is 0. The van der Waals surface area contributed by atoms with Gasteiger partial charge in [0.05, 0.1) is 6.04 Å². The molecule has 5 N–H and O–H groups in total. The van der Waals surface area contributed by atoms with E-state index in [0.29, 0.717) is 25.9 Å². The van der Waals surface area contributed by atoms with Gasteiger partial charge in [0.15, 0.2) is 0 Å². The molecule has 8 nitrogen and oxygen atoms in total. The van der Waals surface area contributed by atoms with Gasteiger partial charge in [-0.25, -0.2) is 0 Å². The quantitative estimate of drug-likeness (QED) is 0.266. The van der Waals surface area contributed by atoms with Gasteiger partial charge in [0, 0.05) is 39.1 Å². The van der Waals surface area contributed by atoms with Crippen molar-refractivity contribution in [3.05, 3.63) is 0 Å². The third kappa shape index (κ3) is 12.5. The number of unbranched alkanes of at least 4 members (excludes halogenated alkanes) is 5. The van der Waals surface area contributed by atoms with Gasteiger partial charge in [0.25, 0.3) is 0 Å². The van der Waals surface area contributed by atoms with E-state index in [-0.39, 0.29) is 36.8 Å². The first-order valence-electron chi connectivity index (χ1n) is 11.2. The maximum atomic E-state index is 12.6. The number of hydrogen-bond acceptors (Lipinski definition) is 5. The normalized spacial score (nSPS) is 14.7. The molecule has 1 heterocycles. The molecule has 0 aromatic heterocycles. The number of amides is 3. The SMILES string of the molecule is NC(=O)CCC(NCCCCCC(=O)NCCCCCCO)C(=O)N1CCCC1. The number of rotatable bonds is 17. The minimum absolute atomic E-state index is 0.0714. The zero-order chi connectivity index (χ0) is 21.3. The number of nitrogens with zero attached hydrogens (tertiary/aromatic N) is 1. The Hall–Kier alpha value is -1.67. The average Bonchev–Trinajstić information content (AvgIpc) is 3.23. The number of likely N-dealkylation sites (tertiary alicyclic amines) is 1. The van der Waals surface area contributed by atoms with Crippen LogP contribution in [0.2, 0.25) is 0 Å². The Bertz CT molecular complexity index is 481. The second-order valence-corrected chi connectivity index (χ2v) is 7.84. The Balaban J connectivity index is 2.12. The smallest absolute Gasteiger partial charge is 0.239 e. The topological polar surface area (TPSA) is 125 Å². The van der Waals surface area contributed by atoms with Crippen molar-refractivity contribution in [3.8, 4) is 0 Å². The molecule has 0 aromatic rings. The summed E-state index contributed by atoms with van der Waals surface area (Å²) in [5, 5.41) is 14.9. The molecule has 0 saturated carbocycles. The van der Waals surface area contributed by atoms with E-state index in [0.717, 1.165) is 70.9 Å². The molecule has 0 spiro atoms. The monoisotopic (exact) mass is 412 g/mol. The number of nitrogens with one attached hydrogen (secondary N) is 2. The van der Waals surface area contributed by atoms with Gasteiger partial charge >= 0.3 is 0 Å². The van der Waals surface area contributed by atoms with Crippen LogP contribution in [0.4, 0.5) is 0 Å². The van der Waals surface area contributed by atoms with E-state index in [9.17, 15) is 14.4 Å². The van der Waals surface area contributed by atoms with E-state index in [1.807, 2.05) is 4.90 Å². The first-order chi connectivity index (χ1) is 14.0. The summed E-state index contributed by atoms with van der Waals surface area (Å²) in [5.74, 6) is -0.226. The summed E-state index contributed by atoms with van der Waals surface area (Å²) in [4.78, 5) is 37.4. The highest BCUT2D eigenvalue weighted by atomic mass is 16.3. The van der Waals surface area contributed by atoms with Gasteiger partial charge < -0.3 is 26.4 Å². The zero-order valence-corrected chi connectivity index (χ0v) is 17.8. The fourth-order valence-corrected chi connectivity index (χ4v) is 3.53. The predicted octanol–water partition coefficient (Wildman–Crippen LogP) is 1.06. The van der Waals surface area contributed by atoms with Crippen LogP contribution in [0.15, 0.2) is 0 Å². The molecular weight excluding hydrogens is 372 g/mol. The molecule has 0 radical (unpaired) electrons. The molecule has 1 unspecified atom stereocenters. The summed E-state index contributed by atoms with van der Waals surface area (Å²) in [6, 6.07) is -0.352. The maximum Gasteiger partial charge on any atom is 0.239 e. The van der Waals surface area contributed by atoms with Crippen molar-refractivity contribution in [2.24, 2.45) is 5.73 Å². The number of hydrogen-bond donors (Lipinski definition) is 4. The molecule has 29 heavy (non-hydrogen) atoms. The standard InChI is InChI=1S/C21H40N4O4/c22-19(27)12-11-18(21(29)25-15-7-8-16-25)23-13-6-3-4-10-20(28)24-14-5-1-2-9-17-26/h18,23,26H,1-17H2,(H2,22,27)(H,24,28). The van der Waals surface area contributed by atoms with E-state index < -0.39 is 0 Å². The van der Waals surface area contributed by atoms with Gasteiger partial charge in [0.1, 0.15) is 0 Å². The van der Waals surface area contributed by atoms with E-state index in [2.05, 4.69) is 10.6 Å². The minimum atomic E-state index is -0.384. The van der Waals surface area contributed by atoms with E-state index in [4.69, 9.17) is 10.8 Å². The van der Waals surface area contributed by atoms with Gasteiger partial charge in [-0.3, -0.25) is 14.4 Å². The summed E-state index contributed by atoms with van der Waals surface area (Å²) >= 11 is 0. The number of primary amides is 1. The van der Waals surface area contributed by atoms with Crippen LogP contribution in [0.25, 0.3) is 0 Å². The van der Waals surface area contributed by atoms with Crippen LogP contribution in [0.3, 0.4) is 0 Å². The van der Waals surface area contributed by atoms with Gasteiger partial charge in [0.2, 0.25) is 17.7 Å². The van der Waals surface area contributed by atoms with Crippen molar-refractivity contribution in [2.75, 3.05) is 32.8 Å². The number of nitrogens with two attached hydrogens (primary N) is 1. The average molecular weight is 413 g/mol. The fourth-order valence-electron chi connectivity index (χ4n) is 3.53. The molecule has 1 aliphatic rings. The van der Waals surface area contributed by atoms with Crippen molar-refractivity contribution < 1.29 is 19.5 Å². The van der Waals surface area contributed by atoms with E-state index in [1.165, 1.54) is 0 Å². The van der Waals surface area contributed by atoms with E-state index >= 15 is 0 Å². The van der Waals surface area contributed by atoms with Crippen molar-refractivity contribution in [3.63, 3.8) is 0 Å². The third-order valence-corrected chi connectivity index (χ3v) is 5.27. The predicted molar refractivity (Wildman–Crippen MR) is 113 cm³/mol. The van der Waals surface area contributed by atoms with E-state index in [1.54, 1.807) is 0 Å². The molecule has 1 aliphatic heterocycles. The van der Waals surface area contributed by atoms with Crippen LogP contribution < -0.4 is 16.4 Å². The minimum Gasteiger partial charge on any atom is -0.396 e. The highest BCUT2D eigenvalue weighted by Crippen LogP contribution is 2.12. The summed E-state index contributed by atoms with van der Waals surface area (Å²) in [6.45, 7) is 3.22. The van der Waals surface area contributed by atoms with Crippen molar-refractivity contribution in [2.45, 2.75) is 83.1 Å². The van der Waals surface area contributed by atoms with Crippen molar-refractivity contribution in [1.82, 2.24) is 15.5 Å². The lowest BCUT2D eigenvalue weighted by atomic mass is 10.1. The highest BCUT2D eigenvalue weighted by Gasteiger charge is 2.26. The molecule has 1 saturated heterocycles. The van der Waals surface area contributed by atoms with Crippen molar-refractivity contribution in [1.29, 1.82) is 0 Å². The summed E-state index contributed by atoms with van der Waals surface area (Å²) < 4.78 is 0. The van der Waals surface area contributed by atoms with Crippen LogP contribution in [-0.4, -0.2) is 66.6 Å². The van der Waals surface area contributed by atoms with Crippen LogP contribution >= 0.6 is 0 Å². The number of carbonyl (C=O) groups is 3. The molecule has 0 aliphatic carbocycles. The molecule has 0 aromatic carbocycles. The first-order valence-corrected chi connectivity index (χ1v) is 11.2.